The third-order valence-corrected chi connectivity index (χ3v) is 9.54. The molecule has 1 aromatic rings. The van der Waals surface area contributed by atoms with Crippen molar-refractivity contribution in [3.63, 3.8) is 0 Å². The summed E-state index contributed by atoms with van der Waals surface area (Å²) in [5.74, 6) is -11.7. The van der Waals surface area contributed by atoms with E-state index in [-0.39, 0.29) is 36.1 Å². The summed E-state index contributed by atoms with van der Waals surface area (Å²) in [7, 11) is 3.03. The number of primary amides is 1. The Hall–Kier alpha value is -3.02. The van der Waals surface area contributed by atoms with Crippen molar-refractivity contribution in [2.45, 2.75) is 63.1 Å². The summed E-state index contributed by atoms with van der Waals surface area (Å²) >= 11 is 0. The molecule has 1 aromatic carbocycles. The fourth-order valence-corrected chi connectivity index (χ4v) is 7.64. The summed E-state index contributed by atoms with van der Waals surface area (Å²) in [4.78, 5) is 67.3. The van der Waals surface area contributed by atoms with Gasteiger partial charge in [0.2, 0.25) is 5.91 Å². The van der Waals surface area contributed by atoms with Crippen LogP contribution in [0, 0.1) is 35.4 Å². The molecule has 10 nitrogen and oxygen atoms in total. The number of carbonyl (C=O) groups excluding carboxylic acids is 5. The van der Waals surface area contributed by atoms with Crippen molar-refractivity contribution in [2.75, 3.05) is 20.6 Å². The lowest BCUT2D eigenvalue weighted by Crippen LogP contribution is -2.74. The van der Waals surface area contributed by atoms with Crippen molar-refractivity contribution in [3.8, 4) is 5.75 Å². The maximum absolute atomic E-state index is 15.8. The number of amides is 1. The van der Waals surface area contributed by atoms with E-state index in [1.807, 2.05) is 0 Å². The largest absolute Gasteiger partial charge is 0.507 e. The molecule has 0 saturated heterocycles. The van der Waals surface area contributed by atoms with Crippen LogP contribution in [0.1, 0.15) is 60.0 Å². The van der Waals surface area contributed by atoms with Crippen molar-refractivity contribution in [3.05, 3.63) is 28.6 Å². The van der Waals surface area contributed by atoms with E-state index in [0.29, 0.717) is 5.92 Å². The van der Waals surface area contributed by atoms with Crippen LogP contribution in [-0.2, 0) is 32.1 Å². The number of aromatic hydroxyl groups is 1. The summed E-state index contributed by atoms with van der Waals surface area (Å²) in [6, 6.07) is -0.0177. The van der Waals surface area contributed by atoms with Crippen LogP contribution in [0.3, 0.4) is 0 Å². The van der Waals surface area contributed by atoms with Crippen LogP contribution in [0.2, 0.25) is 0 Å². The van der Waals surface area contributed by atoms with Gasteiger partial charge in [0.25, 0.3) is 0 Å². The van der Waals surface area contributed by atoms with Crippen molar-refractivity contribution in [1.29, 1.82) is 0 Å². The zero-order chi connectivity index (χ0) is 29.1. The van der Waals surface area contributed by atoms with Crippen LogP contribution in [-0.4, -0.2) is 76.4 Å². The highest BCUT2D eigenvalue weighted by Gasteiger charge is 2.69. The minimum absolute atomic E-state index is 0.0103. The van der Waals surface area contributed by atoms with Gasteiger partial charge in [-0.25, -0.2) is 4.39 Å². The molecule has 40 heavy (non-hydrogen) atoms. The highest BCUT2D eigenvalue weighted by Crippen LogP contribution is 2.51. The van der Waals surface area contributed by atoms with Gasteiger partial charge in [-0.2, -0.15) is 0 Å². The molecule has 6 atom stereocenters. The molecule has 216 valence electrons. The molecule has 0 heterocycles. The fraction of sp³-hybridized carbons (Fsp3) is 0.621. The second kappa shape index (κ2) is 10.4. The van der Waals surface area contributed by atoms with E-state index in [2.05, 4.69) is 5.32 Å². The zero-order valence-corrected chi connectivity index (χ0v) is 22.7. The van der Waals surface area contributed by atoms with Gasteiger partial charge in [-0.1, -0.05) is 19.3 Å². The Bertz CT molecular complexity index is 1290. The van der Waals surface area contributed by atoms with Crippen molar-refractivity contribution < 1.29 is 38.6 Å². The smallest absolute Gasteiger partial charge is 0.235 e. The van der Waals surface area contributed by atoms with Gasteiger partial charge < -0.3 is 21.3 Å². The third kappa shape index (κ3) is 4.29. The average Bonchev–Trinajstić information content (AvgIpc) is 2.89. The quantitative estimate of drug-likeness (QED) is 0.368. The lowest BCUT2D eigenvalue weighted by atomic mass is 9.52. The number of likely N-dealkylation sites (N-methyl/N-ethyl adjacent to an activating group) is 1. The Balaban J connectivity index is 1.48. The number of phenols is 1. The Morgan fingerprint density at radius 1 is 1.15 bits per heavy atom. The van der Waals surface area contributed by atoms with E-state index in [1.165, 1.54) is 44.3 Å². The van der Waals surface area contributed by atoms with Gasteiger partial charge in [-0.15, -0.1) is 0 Å². The molecule has 4 aliphatic rings. The first kappa shape index (κ1) is 28.5. The van der Waals surface area contributed by atoms with Gasteiger partial charge in [-0.05, 0) is 64.2 Å². The minimum atomic E-state index is -2.80. The predicted molar refractivity (Wildman–Crippen MR) is 140 cm³/mol. The molecule has 1 amide bonds. The molecule has 0 radical (unpaired) electrons. The number of halogens is 1. The van der Waals surface area contributed by atoms with E-state index in [0.717, 1.165) is 19.4 Å². The predicted octanol–water partition coefficient (Wildman–Crippen LogP) is 0.676. The first-order valence-electron chi connectivity index (χ1n) is 14.0. The molecular formula is C29H36FN3O7. The average molecular weight is 558 g/mol. The number of Topliss-reactive ketones (excluding diaryl/α,β-unsaturated/α-hetero) is 4. The number of carbonyl (C=O) groups is 5. The van der Waals surface area contributed by atoms with Gasteiger partial charge in [0.05, 0.1) is 17.5 Å². The maximum Gasteiger partial charge on any atom is 0.235 e. The topological polar surface area (TPSA) is 167 Å². The number of nitrogens with one attached hydrogen (secondary N) is 1. The van der Waals surface area contributed by atoms with Crippen LogP contribution in [0.15, 0.2) is 6.07 Å². The monoisotopic (exact) mass is 557 g/mol. The molecule has 0 aliphatic heterocycles. The SMILES string of the molecule is CN(C)[C@@H]1C(=O)C(C(N)=O)C(=O)[C@@]2(O)C(=O)C3C(=O)c4c(O)cc(CNCC5CCCCC5)c(F)c4C[C@H]3C[C@@H]12. The first-order chi connectivity index (χ1) is 18.9. The normalized spacial score (nSPS) is 32.6. The van der Waals surface area contributed by atoms with E-state index < -0.39 is 75.9 Å². The molecule has 3 fully saturated rings. The molecule has 3 saturated carbocycles. The van der Waals surface area contributed by atoms with Crippen molar-refractivity contribution >= 4 is 29.0 Å². The first-order valence-corrected chi connectivity index (χ1v) is 14.0. The highest BCUT2D eigenvalue weighted by molar-refractivity contribution is 6.32. The van der Waals surface area contributed by atoms with Gasteiger partial charge in [0.15, 0.2) is 34.7 Å². The van der Waals surface area contributed by atoms with Gasteiger partial charge in [0.1, 0.15) is 11.6 Å². The molecule has 0 aromatic heterocycles. The lowest BCUT2D eigenvalue weighted by molar-refractivity contribution is -0.181. The van der Waals surface area contributed by atoms with E-state index in [4.69, 9.17) is 5.73 Å². The second-order valence-electron chi connectivity index (χ2n) is 12.1. The van der Waals surface area contributed by atoms with Crippen LogP contribution in [0.4, 0.5) is 4.39 Å². The van der Waals surface area contributed by atoms with E-state index >= 15 is 4.39 Å². The Kier molecular flexibility index (Phi) is 7.43. The van der Waals surface area contributed by atoms with Crippen molar-refractivity contribution in [2.24, 2.45) is 35.3 Å². The number of nitrogens with two attached hydrogens (primary N) is 1. The molecule has 5 rings (SSSR count). The third-order valence-electron chi connectivity index (χ3n) is 9.54. The van der Waals surface area contributed by atoms with Crippen LogP contribution in [0.25, 0.3) is 0 Å². The summed E-state index contributed by atoms with van der Waals surface area (Å²) in [5.41, 5.74) is 2.38. The Morgan fingerprint density at radius 3 is 2.45 bits per heavy atom. The number of phenolic OH excluding ortho intramolecular Hbond substituents is 1. The standard InChI is InChI=1S/C29H36FN3O7/c1-33(2)23-17-9-14-8-16-20(18(34)10-15(22(16)30)12-32-11-13-6-4-3-5-7-13)24(35)19(14)26(37)29(17,40)27(38)21(25(23)36)28(31)39/h10,13-14,17,19,21,23,32,34,40H,3-9,11-12H2,1-2H3,(H2,31,39)/t14-,17-,19?,21?,23-,29-/m0/s1. The molecule has 2 unspecified atom stereocenters. The summed E-state index contributed by atoms with van der Waals surface area (Å²) in [5, 5.41) is 25.6. The van der Waals surface area contributed by atoms with E-state index in [1.54, 1.807) is 0 Å². The number of rotatable bonds is 6. The molecule has 0 bridgehead atoms. The number of benzene rings is 1. The molecular weight excluding hydrogens is 521 g/mol. The molecule has 4 aliphatic carbocycles. The van der Waals surface area contributed by atoms with E-state index in [9.17, 15) is 34.2 Å². The van der Waals surface area contributed by atoms with Crippen molar-refractivity contribution in [1.82, 2.24) is 10.2 Å². The number of aliphatic hydroxyl groups is 1. The second-order valence-corrected chi connectivity index (χ2v) is 12.1. The van der Waals surface area contributed by atoms with Crippen LogP contribution >= 0.6 is 0 Å². The summed E-state index contributed by atoms with van der Waals surface area (Å²) < 4.78 is 15.8. The Morgan fingerprint density at radius 2 is 1.82 bits per heavy atom. The van der Waals surface area contributed by atoms with Gasteiger partial charge in [0, 0.05) is 23.6 Å². The fourth-order valence-electron chi connectivity index (χ4n) is 7.64. The molecule has 5 N–H and O–H groups in total. The van der Waals surface area contributed by atoms with Crippen LogP contribution < -0.4 is 11.1 Å². The van der Waals surface area contributed by atoms with Crippen LogP contribution in [0.5, 0.6) is 5.75 Å². The summed E-state index contributed by atoms with van der Waals surface area (Å²) in [6.07, 6.45) is 5.59. The number of hydrogen-bond acceptors (Lipinski definition) is 9. The number of hydrogen-bond donors (Lipinski definition) is 4. The number of fused-ring (bicyclic) bond motifs is 3. The summed E-state index contributed by atoms with van der Waals surface area (Å²) in [6.45, 7) is 0.878. The maximum atomic E-state index is 15.8. The zero-order valence-electron chi connectivity index (χ0n) is 22.7. The van der Waals surface area contributed by atoms with Gasteiger partial charge >= 0.3 is 0 Å². The van der Waals surface area contributed by atoms with Gasteiger partial charge in [-0.3, -0.25) is 28.9 Å². The minimum Gasteiger partial charge on any atom is -0.507 e. The molecule has 0 spiro atoms. The molecule has 11 heteroatoms. The highest BCUT2D eigenvalue weighted by atomic mass is 19.1. The number of nitrogens with zero attached hydrogens (tertiary/aromatic N) is 1. The number of ketones is 4. The Labute approximate surface area is 231 Å². The lowest BCUT2D eigenvalue weighted by Gasteiger charge is -2.52.